The lowest BCUT2D eigenvalue weighted by molar-refractivity contribution is 0.0696. The topological polar surface area (TPSA) is 93.0 Å². The molecule has 2 N–H and O–H groups in total. The number of aromatic carboxylic acids is 1. The van der Waals surface area contributed by atoms with E-state index in [1.54, 1.807) is 6.21 Å². The minimum absolute atomic E-state index is 0.110. The largest absolute Gasteiger partial charge is 0.490 e. The number of rotatable bonds is 9. The molecule has 0 aliphatic heterocycles. The maximum atomic E-state index is 10.8. The van der Waals surface area contributed by atoms with Gasteiger partial charge >= 0.3 is 5.97 Å². The number of nitrogens with zero attached hydrogens (tertiary/aromatic N) is 2. The van der Waals surface area contributed by atoms with Crippen LogP contribution in [0.25, 0.3) is 0 Å². The summed E-state index contributed by atoms with van der Waals surface area (Å²) in [7, 11) is 0. The first-order valence-corrected chi connectivity index (χ1v) is 9.56. The summed E-state index contributed by atoms with van der Waals surface area (Å²) in [6.45, 7) is 2.71. The van der Waals surface area contributed by atoms with Crippen LogP contribution in [0, 0.1) is 0 Å². The van der Waals surface area contributed by atoms with Crippen LogP contribution < -0.4 is 14.9 Å². The first-order chi connectivity index (χ1) is 14.6. The summed E-state index contributed by atoms with van der Waals surface area (Å²) < 4.78 is 11.6. The number of ether oxygens (including phenoxy) is 2. The van der Waals surface area contributed by atoms with Gasteiger partial charge in [-0.25, -0.2) is 9.78 Å². The van der Waals surface area contributed by atoms with Crippen molar-refractivity contribution in [3.05, 3.63) is 82.5 Å². The number of pyridine rings is 1. The van der Waals surface area contributed by atoms with E-state index in [1.807, 2.05) is 49.4 Å². The number of anilines is 1. The molecular weight excluding hydrogens is 406 g/mol. The lowest BCUT2D eigenvalue weighted by atomic mass is 10.2. The Bertz CT molecular complexity index is 1040. The Labute approximate surface area is 178 Å². The number of hydrazone groups is 1. The van der Waals surface area contributed by atoms with Crippen molar-refractivity contribution in [2.24, 2.45) is 5.10 Å². The zero-order valence-corrected chi connectivity index (χ0v) is 17.0. The van der Waals surface area contributed by atoms with Gasteiger partial charge in [-0.05, 0) is 48.9 Å². The molecule has 0 saturated heterocycles. The summed E-state index contributed by atoms with van der Waals surface area (Å²) in [4.78, 5) is 14.8. The van der Waals surface area contributed by atoms with Crippen LogP contribution in [0.2, 0.25) is 5.02 Å². The lowest BCUT2D eigenvalue weighted by Crippen LogP contribution is -2.01. The van der Waals surface area contributed by atoms with E-state index < -0.39 is 5.97 Å². The molecule has 154 valence electrons. The van der Waals surface area contributed by atoms with Gasteiger partial charge in [0.05, 0.1) is 18.4 Å². The van der Waals surface area contributed by atoms with E-state index in [-0.39, 0.29) is 5.56 Å². The highest BCUT2D eigenvalue weighted by molar-refractivity contribution is 6.31. The summed E-state index contributed by atoms with van der Waals surface area (Å²) in [5, 5.41) is 13.7. The Morgan fingerprint density at radius 1 is 1.17 bits per heavy atom. The van der Waals surface area contributed by atoms with Gasteiger partial charge in [-0.2, -0.15) is 5.10 Å². The monoisotopic (exact) mass is 425 g/mol. The van der Waals surface area contributed by atoms with Crippen LogP contribution >= 0.6 is 11.6 Å². The normalized spacial score (nSPS) is 10.7. The Balaban J connectivity index is 1.67. The van der Waals surface area contributed by atoms with Gasteiger partial charge in [0.15, 0.2) is 11.5 Å². The third-order valence-electron chi connectivity index (χ3n) is 4.01. The third kappa shape index (κ3) is 5.71. The average molecular weight is 426 g/mol. The average Bonchev–Trinajstić information content (AvgIpc) is 2.75. The van der Waals surface area contributed by atoms with Crippen molar-refractivity contribution in [2.45, 2.75) is 13.5 Å². The second-order valence-corrected chi connectivity index (χ2v) is 6.53. The fourth-order valence-electron chi connectivity index (χ4n) is 2.52. The van der Waals surface area contributed by atoms with Crippen LogP contribution in [0.4, 0.5) is 5.82 Å². The summed E-state index contributed by atoms with van der Waals surface area (Å²) in [6, 6.07) is 16.0. The first-order valence-electron chi connectivity index (χ1n) is 9.18. The predicted octanol–water partition coefficient (Wildman–Crippen LogP) is 4.86. The molecule has 0 aliphatic rings. The number of aromatic nitrogens is 1. The van der Waals surface area contributed by atoms with Gasteiger partial charge in [-0.3, -0.25) is 5.43 Å². The standard InChI is InChI=1S/C22H20ClN3O4/c1-2-29-20-11-15(12-25-26-21-10-8-16(13-24-21)22(27)28)7-9-19(20)30-14-17-5-3-4-6-18(17)23/h3-13H,2,14H2,1H3,(H,24,26)(H,27,28)/b25-12+. The minimum atomic E-state index is -1.03. The summed E-state index contributed by atoms with van der Waals surface area (Å²) >= 11 is 6.18. The maximum Gasteiger partial charge on any atom is 0.337 e. The number of hydrogen-bond acceptors (Lipinski definition) is 6. The van der Waals surface area contributed by atoms with Crippen LogP contribution in [-0.2, 0) is 6.61 Å². The number of carboxylic acids is 1. The van der Waals surface area contributed by atoms with Crippen LogP contribution in [0.3, 0.4) is 0 Å². The number of carbonyl (C=O) groups is 1. The van der Waals surface area contributed by atoms with Gasteiger partial charge < -0.3 is 14.6 Å². The molecule has 0 spiro atoms. The summed E-state index contributed by atoms with van der Waals surface area (Å²) in [5.74, 6) is 0.601. The number of benzene rings is 2. The van der Waals surface area contributed by atoms with E-state index in [0.29, 0.717) is 35.6 Å². The Morgan fingerprint density at radius 2 is 2.00 bits per heavy atom. The quantitative estimate of drug-likeness (QED) is 0.375. The Morgan fingerprint density at radius 3 is 2.70 bits per heavy atom. The van der Waals surface area contributed by atoms with Crippen molar-refractivity contribution in [1.82, 2.24) is 4.98 Å². The molecule has 2 aromatic carbocycles. The Hall–Kier alpha value is -3.58. The predicted molar refractivity (Wildman–Crippen MR) is 116 cm³/mol. The molecule has 0 fully saturated rings. The van der Waals surface area contributed by atoms with Gasteiger partial charge in [0, 0.05) is 16.8 Å². The fraction of sp³-hybridized carbons (Fsp3) is 0.136. The molecule has 30 heavy (non-hydrogen) atoms. The van der Waals surface area contributed by atoms with Crippen LogP contribution in [0.1, 0.15) is 28.4 Å². The molecule has 0 atom stereocenters. The highest BCUT2D eigenvalue weighted by Gasteiger charge is 2.08. The van der Waals surface area contributed by atoms with E-state index in [4.69, 9.17) is 26.2 Å². The smallest absolute Gasteiger partial charge is 0.337 e. The van der Waals surface area contributed by atoms with Gasteiger partial charge in [-0.1, -0.05) is 29.8 Å². The molecule has 0 saturated carbocycles. The van der Waals surface area contributed by atoms with E-state index >= 15 is 0 Å². The van der Waals surface area contributed by atoms with E-state index in [0.717, 1.165) is 11.1 Å². The van der Waals surface area contributed by atoms with Crippen LogP contribution in [0.15, 0.2) is 65.9 Å². The zero-order chi connectivity index (χ0) is 21.3. The molecule has 0 bridgehead atoms. The van der Waals surface area contributed by atoms with Gasteiger partial charge in [0.25, 0.3) is 0 Å². The highest BCUT2D eigenvalue weighted by atomic mass is 35.5. The number of halogens is 1. The molecule has 8 heteroatoms. The van der Waals surface area contributed by atoms with Crippen LogP contribution in [-0.4, -0.2) is 28.9 Å². The molecule has 3 rings (SSSR count). The molecule has 0 radical (unpaired) electrons. The Kier molecular flexibility index (Phi) is 7.24. The molecule has 7 nitrogen and oxygen atoms in total. The molecule has 1 aromatic heterocycles. The van der Waals surface area contributed by atoms with E-state index in [2.05, 4.69) is 15.5 Å². The molecule has 3 aromatic rings. The highest BCUT2D eigenvalue weighted by Crippen LogP contribution is 2.29. The summed E-state index contributed by atoms with van der Waals surface area (Å²) in [5.41, 5.74) is 4.54. The molecule has 0 aliphatic carbocycles. The molecule has 1 heterocycles. The van der Waals surface area contributed by atoms with Crippen molar-refractivity contribution in [2.75, 3.05) is 12.0 Å². The van der Waals surface area contributed by atoms with Gasteiger partial charge in [-0.15, -0.1) is 0 Å². The SMILES string of the molecule is CCOc1cc(/C=N/Nc2ccc(C(=O)O)cn2)ccc1OCc1ccccc1Cl. The van der Waals surface area contributed by atoms with Crippen molar-refractivity contribution < 1.29 is 19.4 Å². The minimum Gasteiger partial charge on any atom is -0.490 e. The van der Waals surface area contributed by atoms with Crippen molar-refractivity contribution >= 4 is 29.6 Å². The maximum absolute atomic E-state index is 10.8. The van der Waals surface area contributed by atoms with E-state index in [9.17, 15) is 4.79 Å². The fourth-order valence-corrected chi connectivity index (χ4v) is 2.71. The number of hydrogen-bond donors (Lipinski definition) is 2. The lowest BCUT2D eigenvalue weighted by Gasteiger charge is -2.13. The zero-order valence-electron chi connectivity index (χ0n) is 16.2. The van der Waals surface area contributed by atoms with Crippen molar-refractivity contribution in [3.8, 4) is 11.5 Å². The van der Waals surface area contributed by atoms with Crippen LogP contribution in [0.5, 0.6) is 11.5 Å². The van der Waals surface area contributed by atoms with Crippen molar-refractivity contribution in [1.29, 1.82) is 0 Å². The third-order valence-corrected chi connectivity index (χ3v) is 4.38. The van der Waals surface area contributed by atoms with Gasteiger partial charge in [0.1, 0.15) is 12.4 Å². The summed E-state index contributed by atoms with van der Waals surface area (Å²) in [6.07, 6.45) is 2.87. The number of nitrogens with one attached hydrogen (secondary N) is 1. The second kappa shape index (κ2) is 10.3. The first kappa shape index (κ1) is 21.1. The molecule has 0 amide bonds. The van der Waals surface area contributed by atoms with E-state index in [1.165, 1.54) is 18.3 Å². The second-order valence-electron chi connectivity index (χ2n) is 6.13. The molecular formula is C22H20ClN3O4. The van der Waals surface area contributed by atoms with Crippen molar-refractivity contribution in [3.63, 3.8) is 0 Å². The van der Waals surface area contributed by atoms with Gasteiger partial charge in [0.2, 0.25) is 0 Å². The number of carboxylic acid groups (broad SMARTS) is 1. The molecule has 0 unspecified atom stereocenters.